The van der Waals surface area contributed by atoms with Crippen LogP contribution in [0, 0.1) is 0 Å². The van der Waals surface area contributed by atoms with Crippen molar-refractivity contribution in [2.75, 3.05) is 6.54 Å². The highest BCUT2D eigenvalue weighted by Gasteiger charge is 2.11. The number of nitrogens with one attached hydrogen (secondary N) is 1. The molecular formula is C22H21Br2NO2. The molecule has 0 saturated carbocycles. The average Bonchev–Trinajstić information content (AvgIpc) is 2.69. The topological polar surface area (TPSA) is 41.5 Å². The molecule has 1 unspecified atom stereocenters. The number of hydrogen-bond donors (Lipinski definition) is 2. The zero-order chi connectivity index (χ0) is 19.1. The van der Waals surface area contributed by atoms with E-state index in [1.165, 1.54) is 0 Å². The van der Waals surface area contributed by atoms with E-state index in [1.807, 2.05) is 72.8 Å². The molecule has 0 bridgehead atoms. The van der Waals surface area contributed by atoms with Gasteiger partial charge in [-0.15, -0.1) is 0 Å². The first-order valence-corrected chi connectivity index (χ1v) is 10.3. The van der Waals surface area contributed by atoms with Gasteiger partial charge in [-0.3, -0.25) is 0 Å². The Bertz CT molecular complexity index is 834. The highest BCUT2D eigenvalue weighted by molar-refractivity contribution is 9.11. The molecule has 0 amide bonds. The molecule has 3 aromatic rings. The maximum Gasteiger partial charge on any atom is 0.148 e. The largest absolute Gasteiger partial charge is 0.487 e. The van der Waals surface area contributed by atoms with Crippen molar-refractivity contribution in [1.82, 2.24) is 5.32 Å². The van der Waals surface area contributed by atoms with Crippen molar-refractivity contribution in [3.63, 3.8) is 0 Å². The zero-order valence-corrected chi connectivity index (χ0v) is 17.9. The summed E-state index contributed by atoms with van der Waals surface area (Å²) in [5.41, 5.74) is 3.13. The minimum absolute atomic E-state index is 0.492. The van der Waals surface area contributed by atoms with Crippen LogP contribution in [0.5, 0.6) is 5.75 Å². The van der Waals surface area contributed by atoms with Gasteiger partial charge >= 0.3 is 0 Å². The van der Waals surface area contributed by atoms with Crippen molar-refractivity contribution >= 4 is 31.9 Å². The fourth-order valence-corrected chi connectivity index (χ4v) is 4.24. The van der Waals surface area contributed by atoms with Gasteiger partial charge in [0.1, 0.15) is 12.4 Å². The Labute approximate surface area is 176 Å². The molecule has 0 radical (unpaired) electrons. The summed E-state index contributed by atoms with van der Waals surface area (Å²) in [5.74, 6) is 0.784. The van der Waals surface area contributed by atoms with Crippen LogP contribution in [0.3, 0.4) is 0 Å². The van der Waals surface area contributed by atoms with Crippen LogP contribution in [-0.4, -0.2) is 11.7 Å². The number of benzene rings is 3. The molecule has 5 heteroatoms. The number of halogens is 2. The molecule has 3 nitrogen and oxygen atoms in total. The van der Waals surface area contributed by atoms with Crippen LogP contribution in [0.15, 0.2) is 81.7 Å². The van der Waals surface area contributed by atoms with Gasteiger partial charge in [0.15, 0.2) is 0 Å². The first kappa shape index (κ1) is 20.1. The number of ether oxygens (including phenoxy) is 1. The minimum Gasteiger partial charge on any atom is -0.487 e. The normalized spacial score (nSPS) is 12.0. The first-order valence-electron chi connectivity index (χ1n) is 8.72. The third kappa shape index (κ3) is 5.91. The molecule has 0 aliphatic heterocycles. The van der Waals surface area contributed by atoms with Crippen LogP contribution in [0.25, 0.3) is 0 Å². The highest BCUT2D eigenvalue weighted by Crippen LogP contribution is 2.35. The predicted octanol–water partition coefficient (Wildman–Crippen LogP) is 5.61. The molecule has 0 aromatic heterocycles. The van der Waals surface area contributed by atoms with E-state index < -0.39 is 6.10 Å². The fraction of sp³-hybridized carbons (Fsp3) is 0.182. The second kappa shape index (κ2) is 10.0. The molecule has 0 heterocycles. The van der Waals surface area contributed by atoms with E-state index in [1.54, 1.807) is 0 Å². The number of rotatable bonds is 8. The van der Waals surface area contributed by atoms with Crippen LogP contribution in [0.4, 0.5) is 0 Å². The standard InChI is InChI=1S/C22H21Br2NO2/c23-19-11-17(13-25-14-21(26)18-9-5-2-6-10-18)12-20(24)22(19)27-15-16-7-3-1-4-8-16/h1-12,21,25-26H,13-15H2. The predicted molar refractivity (Wildman–Crippen MR) is 116 cm³/mol. The molecule has 0 spiro atoms. The summed E-state index contributed by atoms with van der Waals surface area (Å²) >= 11 is 7.19. The second-order valence-corrected chi connectivity index (χ2v) is 7.93. The van der Waals surface area contributed by atoms with E-state index in [2.05, 4.69) is 37.2 Å². The first-order chi connectivity index (χ1) is 13.1. The summed E-state index contributed by atoms with van der Waals surface area (Å²) in [6.07, 6.45) is -0.522. The van der Waals surface area contributed by atoms with Crippen molar-refractivity contribution in [3.8, 4) is 5.75 Å². The molecule has 0 aliphatic rings. The van der Waals surface area contributed by atoms with Gasteiger partial charge < -0.3 is 15.2 Å². The smallest absolute Gasteiger partial charge is 0.148 e. The van der Waals surface area contributed by atoms with E-state index in [9.17, 15) is 5.11 Å². The Balaban J connectivity index is 1.56. The van der Waals surface area contributed by atoms with Crippen LogP contribution in [0.2, 0.25) is 0 Å². The molecular weight excluding hydrogens is 470 g/mol. The number of aliphatic hydroxyl groups is 1. The van der Waals surface area contributed by atoms with E-state index >= 15 is 0 Å². The van der Waals surface area contributed by atoms with Crippen molar-refractivity contribution in [3.05, 3.63) is 98.4 Å². The summed E-state index contributed by atoms with van der Waals surface area (Å²) in [6.45, 7) is 1.66. The van der Waals surface area contributed by atoms with Crippen LogP contribution in [-0.2, 0) is 13.2 Å². The fourth-order valence-electron chi connectivity index (χ4n) is 2.73. The van der Waals surface area contributed by atoms with Gasteiger partial charge in [0.25, 0.3) is 0 Å². The molecule has 0 aliphatic carbocycles. The quantitative estimate of drug-likeness (QED) is 0.431. The lowest BCUT2D eigenvalue weighted by Gasteiger charge is -2.14. The van der Waals surface area contributed by atoms with E-state index in [-0.39, 0.29) is 0 Å². The lowest BCUT2D eigenvalue weighted by molar-refractivity contribution is 0.174. The van der Waals surface area contributed by atoms with Crippen molar-refractivity contribution in [2.45, 2.75) is 19.3 Å². The Morgan fingerprint density at radius 1 is 0.852 bits per heavy atom. The molecule has 0 fully saturated rings. The third-order valence-electron chi connectivity index (χ3n) is 4.14. The second-order valence-electron chi connectivity index (χ2n) is 6.22. The zero-order valence-electron chi connectivity index (χ0n) is 14.7. The molecule has 0 saturated heterocycles. The van der Waals surface area contributed by atoms with E-state index in [0.717, 1.165) is 31.4 Å². The lowest BCUT2D eigenvalue weighted by Crippen LogP contribution is -2.21. The van der Waals surface area contributed by atoms with Crippen molar-refractivity contribution in [2.24, 2.45) is 0 Å². The van der Waals surface area contributed by atoms with Crippen LogP contribution in [0.1, 0.15) is 22.8 Å². The SMILES string of the molecule is OC(CNCc1cc(Br)c(OCc2ccccc2)c(Br)c1)c1ccccc1. The summed E-state index contributed by atoms with van der Waals surface area (Å²) in [5, 5.41) is 13.5. The van der Waals surface area contributed by atoms with Gasteiger partial charge in [-0.05, 0) is 60.7 Å². The molecule has 3 aromatic carbocycles. The highest BCUT2D eigenvalue weighted by atomic mass is 79.9. The molecule has 2 N–H and O–H groups in total. The van der Waals surface area contributed by atoms with Gasteiger partial charge in [-0.1, -0.05) is 60.7 Å². The van der Waals surface area contributed by atoms with Gasteiger partial charge in [0.2, 0.25) is 0 Å². The van der Waals surface area contributed by atoms with E-state index in [4.69, 9.17) is 4.74 Å². The maximum atomic E-state index is 10.2. The molecule has 27 heavy (non-hydrogen) atoms. The van der Waals surface area contributed by atoms with Crippen molar-refractivity contribution in [1.29, 1.82) is 0 Å². The average molecular weight is 491 g/mol. The summed E-state index contributed by atoms with van der Waals surface area (Å²) in [6, 6.07) is 23.8. The Morgan fingerprint density at radius 3 is 2.07 bits per heavy atom. The number of aliphatic hydroxyl groups excluding tert-OH is 1. The summed E-state index contributed by atoms with van der Waals surface area (Å²) in [7, 11) is 0. The van der Waals surface area contributed by atoms with Gasteiger partial charge in [0, 0.05) is 13.1 Å². The third-order valence-corrected chi connectivity index (χ3v) is 5.31. The monoisotopic (exact) mass is 489 g/mol. The molecule has 140 valence electrons. The van der Waals surface area contributed by atoms with E-state index in [0.29, 0.717) is 19.7 Å². The summed E-state index contributed by atoms with van der Waals surface area (Å²) < 4.78 is 7.75. The van der Waals surface area contributed by atoms with Crippen LogP contribution >= 0.6 is 31.9 Å². The summed E-state index contributed by atoms with van der Waals surface area (Å²) in [4.78, 5) is 0. The molecule has 3 rings (SSSR count). The lowest BCUT2D eigenvalue weighted by atomic mass is 10.1. The maximum absolute atomic E-state index is 10.2. The van der Waals surface area contributed by atoms with Gasteiger partial charge in [0.05, 0.1) is 15.0 Å². The van der Waals surface area contributed by atoms with Crippen LogP contribution < -0.4 is 10.1 Å². The number of hydrogen-bond acceptors (Lipinski definition) is 3. The van der Waals surface area contributed by atoms with Gasteiger partial charge in [-0.25, -0.2) is 0 Å². The van der Waals surface area contributed by atoms with Crippen molar-refractivity contribution < 1.29 is 9.84 Å². The molecule has 1 atom stereocenters. The van der Waals surface area contributed by atoms with Gasteiger partial charge in [-0.2, -0.15) is 0 Å². The Kier molecular flexibility index (Phi) is 7.47. The minimum atomic E-state index is -0.522. The Morgan fingerprint density at radius 2 is 1.44 bits per heavy atom. The Hall–Kier alpha value is -1.66.